The van der Waals surface area contributed by atoms with Crippen molar-refractivity contribution in [3.05, 3.63) is 48.3 Å². The zero-order chi connectivity index (χ0) is 22.7. The summed E-state index contributed by atoms with van der Waals surface area (Å²) in [6, 6.07) is 10.6. The molecule has 9 heteroatoms. The SMILES string of the molecule is O=C(OC1CC2(C1)CN(Cc1ccccc1)C2)N1CCN(c2ncc(OCCO)cn2)CC1. The van der Waals surface area contributed by atoms with Crippen LogP contribution in [0, 0.1) is 5.41 Å². The van der Waals surface area contributed by atoms with Gasteiger partial charge in [0, 0.05) is 51.2 Å². The molecule has 3 fully saturated rings. The maximum atomic E-state index is 12.6. The van der Waals surface area contributed by atoms with E-state index in [1.165, 1.54) is 5.56 Å². The standard InChI is InChI=1S/C24H31N5O4/c30-10-11-32-21-14-25-22(26-15-21)28-6-8-29(9-7-28)23(31)33-20-12-24(13-20)17-27(18-24)16-19-4-2-1-3-5-19/h1-5,14-15,20,30H,6-13,16-18H2. The molecule has 0 radical (unpaired) electrons. The van der Waals surface area contributed by atoms with Gasteiger partial charge in [0.25, 0.3) is 0 Å². The molecule has 5 rings (SSSR count). The van der Waals surface area contributed by atoms with E-state index in [2.05, 4.69) is 39.1 Å². The first-order valence-corrected chi connectivity index (χ1v) is 11.6. The topological polar surface area (TPSA) is 91.3 Å². The summed E-state index contributed by atoms with van der Waals surface area (Å²) in [6.45, 7) is 5.87. The molecule has 1 aliphatic carbocycles. The lowest BCUT2D eigenvalue weighted by atomic mass is 9.61. The minimum absolute atomic E-state index is 0.0456. The van der Waals surface area contributed by atoms with Crippen molar-refractivity contribution in [2.24, 2.45) is 5.41 Å². The van der Waals surface area contributed by atoms with E-state index in [4.69, 9.17) is 14.6 Å². The lowest BCUT2D eigenvalue weighted by Crippen LogP contribution is -2.64. The highest BCUT2D eigenvalue weighted by Gasteiger charge is 2.53. The van der Waals surface area contributed by atoms with Crippen molar-refractivity contribution in [3.63, 3.8) is 0 Å². The molecule has 2 aliphatic heterocycles. The number of aromatic nitrogens is 2. The van der Waals surface area contributed by atoms with Gasteiger partial charge in [0.15, 0.2) is 5.75 Å². The predicted octanol–water partition coefficient (Wildman–Crippen LogP) is 1.77. The third-order valence-corrected chi connectivity index (χ3v) is 6.75. The highest BCUT2D eigenvalue weighted by Crippen LogP contribution is 2.50. The Morgan fingerprint density at radius 3 is 2.42 bits per heavy atom. The summed E-state index contributed by atoms with van der Waals surface area (Å²) in [5.74, 6) is 1.15. The van der Waals surface area contributed by atoms with Crippen molar-refractivity contribution in [1.82, 2.24) is 19.8 Å². The second-order valence-electron chi connectivity index (χ2n) is 9.31. The van der Waals surface area contributed by atoms with Crippen LogP contribution in [0.1, 0.15) is 18.4 Å². The number of hydrogen-bond donors (Lipinski definition) is 1. The number of nitrogens with zero attached hydrogens (tertiary/aromatic N) is 5. The molecular formula is C24H31N5O4. The molecule has 176 valence electrons. The van der Waals surface area contributed by atoms with E-state index < -0.39 is 0 Å². The number of piperazine rings is 1. The number of benzene rings is 1. The first kappa shape index (κ1) is 21.9. The Kier molecular flexibility index (Phi) is 6.32. The van der Waals surface area contributed by atoms with Crippen LogP contribution in [0.25, 0.3) is 0 Å². The number of carbonyl (C=O) groups is 1. The van der Waals surface area contributed by atoms with Crippen LogP contribution in [0.5, 0.6) is 5.75 Å². The van der Waals surface area contributed by atoms with Gasteiger partial charge in [-0.15, -0.1) is 0 Å². The Morgan fingerprint density at radius 1 is 1.06 bits per heavy atom. The minimum atomic E-state index is -0.205. The summed E-state index contributed by atoms with van der Waals surface area (Å²) < 4.78 is 11.1. The van der Waals surface area contributed by atoms with Crippen molar-refractivity contribution >= 4 is 12.0 Å². The van der Waals surface area contributed by atoms with Crippen molar-refractivity contribution < 1.29 is 19.4 Å². The molecule has 9 nitrogen and oxygen atoms in total. The van der Waals surface area contributed by atoms with Crippen LogP contribution in [0.15, 0.2) is 42.7 Å². The van der Waals surface area contributed by atoms with E-state index in [1.807, 2.05) is 11.0 Å². The van der Waals surface area contributed by atoms with Gasteiger partial charge in [0.1, 0.15) is 12.7 Å². The average Bonchev–Trinajstić information content (AvgIpc) is 2.81. The smallest absolute Gasteiger partial charge is 0.410 e. The van der Waals surface area contributed by atoms with Crippen molar-refractivity contribution in [2.45, 2.75) is 25.5 Å². The summed E-state index contributed by atoms with van der Waals surface area (Å²) in [5, 5.41) is 8.81. The molecule has 0 unspecified atom stereocenters. The van der Waals surface area contributed by atoms with Gasteiger partial charge in [-0.3, -0.25) is 4.90 Å². The zero-order valence-electron chi connectivity index (χ0n) is 18.8. The Morgan fingerprint density at radius 2 is 1.76 bits per heavy atom. The van der Waals surface area contributed by atoms with Gasteiger partial charge in [0.2, 0.25) is 5.95 Å². The van der Waals surface area contributed by atoms with E-state index in [9.17, 15) is 4.79 Å². The quantitative estimate of drug-likeness (QED) is 0.678. The number of carbonyl (C=O) groups excluding carboxylic acids is 1. The summed E-state index contributed by atoms with van der Waals surface area (Å²) in [6.07, 6.45) is 5.00. The van der Waals surface area contributed by atoms with Crippen molar-refractivity contribution in [1.29, 1.82) is 0 Å². The molecule has 1 N–H and O–H groups in total. The van der Waals surface area contributed by atoms with Gasteiger partial charge in [0.05, 0.1) is 19.0 Å². The maximum absolute atomic E-state index is 12.6. The number of likely N-dealkylation sites (tertiary alicyclic amines) is 1. The third kappa shape index (κ3) is 5.04. The molecule has 3 heterocycles. The van der Waals surface area contributed by atoms with E-state index in [0.717, 1.165) is 32.5 Å². The number of hydrogen-bond acceptors (Lipinski definition) is 8. The van der Waals surface area contributed by atoms with Gasteiger partial charge in [-0.2, -0.15) is 0 Å². The Hall–Kier alpha value is -2.91. The molecule has 1 saturated carbocycles. The minimum Gasteiger partial charge on any atom is -0.488 e. The van der Waals surface area contributed by atoms with E-state index in [-0.39, 0.29) is 25.4 Å². The number of ether oxygens (including phenoxy) is 2. The zero-order valence-corrected chi connectivity index (χ0v) is 18.8. The fraction of sp³-hybridized carbons (Fsp3) is 0.542. The Bertz CT molecular complexity index is 920. The average molecular weight is 454 g/mol. The van der Waals surface area contributed by atoms with Crippen LogP contribution in [0.3, 0.4) is 0 Å². The monoisotopic (exact) mass is 453 g/mol. The van der Waals surface area contributed by atoms with Crippen LogP contribution >= 0.6 is 0 Å². The van der Waals surface area contributed by atoms with Crippen LogP contribution in [-0.4, -0.2) is 89.6 Å². The van der Waals surface area contributed by atoms with E-state index in [0.29, 0.717) is 43.3 Å². The highest BCUT2D eigenvalue weighted by molar-refractivity contribution is 5.68. The molecule has 2 aromatic rings. The largest absolute Gasteiger partial charge is 0.488 e. The number of amides is 1. The maximum Gasteiger partial charge on any atom is 0.410 e. The molecule has 1 amide bonds. The molecule has 33 heavy (non-hydrogen) atoms. The van der Waals surface area contributed by atoms with Gasteiger partial charge in [-0.25, -0.2) is 14.8 Å². The summed E-state index contributed by atoms with van der Waals surface area (Å²) in [4.78, 5) is 27.6. The fourth-order valence-corrected chi connectivity index (χ4v) is 5.12. The molecule has 0 bridgehead atoms. The van der Waals surface area contributed by atoms with Crippen LogP contribution in [0.4, 0.5) is 10.7 Å². The second kappa shape index (κ2) is 9.52. The normalized spacial score (nSPS) is 20.3. The lowest BCUT2D eigenvalue weighted by molar-refractivity contribution is -0.136. The summed E-state index contributed by atoms with van der Waals surface area (Å²) in [7, 11) is 0. The van der Waals surface area contributed by atoms with Crippen LogP contribution in [0.2, 0.25) is 0 Å². The first-order valence-electron chi connectivity index (χ1n) is 11.6. The number of rotatable bonds is 7. The molecule has 1 spiro atoms. The molecule has 1 aromatic carbocycles. The number of anilines is 1. The van der Waals surface area contributed by atoms with Gasteiger partial charge in [-0.05, 0) is 18.4 Å². The second-order valence-corrected chi connectivity index (χ2v) is 9.31. The van der Waals surface area contributed by atoms with E-state index >= 15 is 0 Å². The van der Waals surface area contributed by atoms with Crippen LogP contribution < -0.4 is 9.64 Å². The molecule has 1 aromatic heterocycles. The molecule has 0 atom stereocenters. The number of aliphatic hydroxyl groups is 1. The fourth-order valence-electron chi connectivity index (χ4n) is 5.12. The predicted molar refractivity (Wildman–Crippen MR) is 122 cm³/mol. The Balaban J connectivity index is 1.01. The van der Waals surface area contributed by atoms with Gasteiger partial charge in [-0.1, -0.05) is 30.3 Å². The number of aliphatic hydroxyl groups excluding tert-OH is 1. The van der Waals surface area contributed by atoms with Crippen LogP contribution in [-0.2, 0) is 11.3 Å². The van der Waals surface area contributed by atoms with E-state index in [1.54, 1.807) is 17.3 Å². The first-order chi connectivity index (χ1) is 16.1. The van der Waals surface area contributed by atoms with Gasteiger partial charge < -0.3 is 24.4 Å². The van der Waals surface area contributed by atoms with Crippen molar-refractivity contribution in [3.8, 4) is 5.75 Å². The highest BCUT2D eigenvalue weighted by atomic mass is 16.6. The molecular weight excluding hydrogens is 422 g/mol. The summed E-state index contributed by atoms with van der Waals surface area (Å²) in [5.41, 5.74) is 1.70. The van der Waals surface area contributed by atoms with Gasteiger partial charge >= 0.3 is 6.09 Å². The Labute approximate surface area is 193 Å². The lowest BCUT2D eigenvalue weighted by Gasteiger charge is -2.58. The molecule has 2 saturated heterocycles. The third-order valence-electron chi connectivity index (χ3n) is 6.75. The molecule has 3 aliphatic rings. The summed E-state index contributed by atoms with van der Waals surface area (Å²) >= 11 is 0. The van der Waals surface area contributed by atoms with Crippen molar-refractivity contribution in [2.75, 3.05) is 57.4 Å².